The van der Waals surface area contributed by atoms with Crippen molar-refractivity contribution in [2.75, 3.05) is 13.2 Å². The number of nitrogens with one attached hydrogen (secondary N) is 2. The summed E-state index contributed by atoms with van der Waals surface area (Å²) in [5.41, 5.74) is 0. The molecule has 2 aliphatic heterocycles. The fourth-order valence-electron chi connectivity index (χ4n) is 2.85. The number of hydrogen-bond acceptors (Lipinski definition) is 3. The summed E-state index contributed by atoms with van der Waals surface area (Å²) >= 11 is 0. The maximum Gasteiger partial charge on any atom is 0.224 e. The third-order valence-electron chi connectivity index (χ3n) is 3.71. The molecule has 0 spiro atoms. The molecule has 0 aromatic heterocycles. The van der Waals surface area contributed by atoms with Crippen LogP contribution in [-0.2, 0) is 9.53 Å². The van der Waals surface area contributed by atoms with Crippen LogP contribution in [0.1, 0.15) is 39.5 Å². The summed E-state index contributed by atoms with van der Waals surface area (Å²) in [5.74, 6) is 0.439. The van der Waals surface area contributed by atoms with E-state index in [0.717, 1.165) is 26.0 Å². The Kier molecular flexibility index (Phi) is 4.40. The van der Waals surface area contributed by atoms with Crippen molar-refractivity contribution in [2.24, 2.45) is 5.92 Å². The quantitative estimate of drug-likeness (QED) is 0.683. The Balaban J connectivity index is 1.58. The number of amides is 1. The van der Waals surface area contributed by atoms with E-state index in [9.17, 15) is 4.79 Å². The summed E-state index contributed by atoms with van der Waals surface area (Å²) in [5, 5.41) is 6.51. The number of rotatable bonds is 6. The highest BCUT2D eigenvalue weighted by Crippen LogP contribution is 2.33. The van der Waals surface area contributed by atoms with E-state index in [1.807, 2.05) is 13.8 Å². The zero-order valence-electron chi connectivity index (χ0n) is 10.9. The zero-order chi connectivity index (χ0) is 12.3. The molecule has 98 valence electrons. The SMILES string of the molecule is CC(C)OCCCNC(=O)C1CC2CCC1N2. The minimum atomic E-state index is 0.208. The maximum absolute atomic E-state index is 11.9. The van der Waals surface area contributed by atoms with Crippen molar-refractivity contribution >= 4 is 5.91 Å². The molecule has 17 heavy (non-hydrogen) atoms. The molecule has 1 amide bonds. The van der Waals surface area contributed by atoms with Crippen LogP contribution in [0.25, 0.3) is 0 Å². The predicted molar refractivity (Wildman–Crippen MR) is 66.8 cm³/mol. The van der Waals surface area contributed by atoms with E-state index < -0.39 is 0 Å². The Bertz CT molecular complexity index is 268. The molecule has 2 bridgehead atoms. The first-order valence-corrected chi connectivity index (χ1v) is 6.82. The molecule has 2 aliphatic rings. The van der Waals surface area contributed by atoms with Crippen LogP contribution in [0.4, 0.5) is 0 Å². The van der Waals surface area contributed by atoms with Gasteiger partial charge in [-0.25, -0.2) is 0 Å². The fourth-order valence-corrected chi connectivity index (χ4v) is 2.85. The smallest absolute Gasteiger partial charge is 0.224 e. The molecule has 0 aliphatic carbocycles. The minimum absolute atomic E-state index is 0.208. The van der Waals surface area contributed by atoms with E-state index in [4.69, 9.17) is 4.74 Å². The highest BCUT2D eigenvalue weighted by molar-refractivity contribution is 5.80. The van der Waals surface area contributed by atoms with Crippen LogP contribution in [0.15, 0.2) is 0 Å². The van der Waals surface area contributed by atoms with Gasteiger partial charge in [0, 0.05) is 25.2 Å². The molecule has 2 N–H and O–H groups in total. The Morgan fingerprint density at radius 3 is 2.88 bits per heavy atom. The van der Waals surface area contributed by atoms with Crippen LogP contribution in [-0.4, -0.2) is 37.2 Å². The molecule has 2 fully saturated rings. The number of ether oxygens (including phenoxy) is 1. The van der Waals surface area contributed by atoms with Gasteiger partial charge in [-0.15, -0.1) is 0 Å². The highest BCUT2D eigenvalue weighted by atomic mass is 16.5. The molecule has 2 saturated heterocycles. The van der Waals surface area contributed by atoms with Gasteiger partial charge in [0.1, 0.15) is 0 Å². The number of carbonyl (C=O) groups excluding carboxylic acids is 1. The van der Waals surface area contributed by atoms with Crippen molar-refractivity contribution in [1.29, 1.82) is 0 Å². The molecule has 0 aromatic rings. The van der Waals surface area contributed by atoms with E-state index in [-0.39, 0.29) is 17.9 Å². The standard InChI is InChI=1S/C13H24N2O2/c1-9(2)17-7-3-6-14-13(16)11-8-10-4-5-12(11)15-10/h9-12,15H,3-8H2,1-2H3,(H,14,16). The summed E-state index contributed by atoms with van der Waals surface area (Å²) in [6.07, 6.45) is 4.62. The third-order valence-corrected chi connectivity index (χ3v) is 3.71. The third kappa shape index (κ3) is 3.42. The van der Waals surface area contributed by atoms with Gasteiger partial charge in [-0.2, -0.15) is 0 Å². The molecule has 2 rings (SSSR count). The molecule has 0 aromatic carbocycles. The average molecular weight is 240 g/mol. The van der Waals surface area contributed by atoms with Gasteiger partial charge in [0.25, 0.3) is 0 Å². The first-order valence-electron chi connectivity index (χ1n) is 6.82. The summed E-state index contributed by atoms with van der Waals surface area (Å²) in [4.78, 5) is 11.9. The average Bonchev–Trinajstić information content (AvgIpc) is 2.89. The van der Waals surface area contributed by atoms with E-state index in [1.165, 1.54) is 12.8 Å². The molecule has 0 radical (unpaired) electrons. The molecular weight excluding hydrogens is 216 g/mol. The van der Waals surface area contributed by atoms with Gasteiger partial charge >= 0.3 is 0 Å². The highest BCUT2D eigenvalue weighted by Gasteiger charge is 2.42. The fraction of sp³-hybridized carbons (Fsp3) is 0.923. The first-order chi connectivity index (χ1) is 8.16. The second kappa shape index (κ2) is 5.83. The number of carbonyl (C=O) groups is 1. The van der Waals surface area contributed by atoms with Crippen LogP contribution in [0, 0.1) is 5.92 Å². The number of hydrogen-bond donors (Lipinski definition) is 2. The van der Waals surface area contributed by atoms with Crippen LogP contribution in [0.3, 0.4) is 0 Å². The summed E-state index contributed by atoms with van der Waals surface area (Å²) < 4.78 is 5.43. The van der Waals surface area contributed by atoms with Crippen LogP contribution < -0.4 is 10.6 Å². The van der Waals surface area contributed by atoms with Gasteiger partial charge in [-0.1, -0.05) is 0 Å². The molecule has 3 atom stereocenters. The van der Waals surface area contributed by atoms with Crippen molar-refractivity contribution in [2.45, 2.75) is 57.7 Å². The van der Waals surface area contributed by atoms with Gasteiger partial charge in [-0.3, -0.25) is 4.79 Å². The summed E-state index contributed by atoms with van der Waals surface area (Å²) in [6.45, 7) is 5.52. The Labute approximate surface area is 103 Å². The zero-order valence-corrected chi connectivity index (χ0v) is 10.9. The minimum Gasteiger partial charge on any atom is -0.379 e. The van der Waals surface area contributed by atoms with Gasteiger partial charge in [-0.05, 0) is 39.5 Å². The van der Waals surface area contributed by atoms with Crippen molar-refractivity contribution in [3.63, 3.8) is 0 Å². The van der Waals surface area contributed by atoms with Crippen molar-refractivity contribution in [3.05, 3.63) is 0 Å². The van der Waals surface area contributed by atoms with Gasteiger partial charge < -0.3 is 15.4 Å². The normalized spacial score (nSPS) is 31.1. The lowest BCUT2D eigenvalue weighted by molar-refractivity contribution is -0.125. The first kappa shape index (κ1) is 12.8. The van der Waals surface area contributed by atoms with E-state index in [0.29, 0.717) is 12.1 Å². The lowest BCUT2D eigenvalue weighted by atomic mass is 9.88. The van der Waals surface area contributed by atoms with Crippen molar-refractivity contribution in [3.8, 4) is 0 Å². The van der Waals surface area contributed by atoms with Gasteiger partial charge in [0.05, 0.1) is 12.0 Å². The van der Waals surface area contributed by atoms with E-state index in [2.05, 4.69) is 10.6 Å². The van der Waals surface area contributed by atoms with Crippen molar-refractivity contribution < 1.29 is 9.53 Å². The Hall–Kier alpha value is -0.610. The molecule has 4 heteroatoms. The van der Waals surface area contributed by atoms with Crippen LogP contribution in [0.5, 0.6) is 0 Å². The topological polar surface area (TPSA) is 50.4 Å². The largest absolute Gasteiger partial charge is 0.379 e. The molecule has 2 heterocycles. The van der Waals surface area contributed by atoms with E-state index >= 15 is 0 Å². The van der Waals surface area contributed by atoms with Gasteiger partial charge in [0.15, 0.2) is 0 Å². The Morgan fingerprint density at radius 2 is 2.29 bits per heavy atom. The summed E-state index contributed by atoms with van der Waals surface area (Å²) in [7, 11) is 0. The van der Waals surface area contributed by atoms with Crippen molar-refractivity contribution in [1.82, 2.24) is 10.6 Å². The predicted octanol–water partition coefficient (Wildman–Crippen LogP) is 1.06. The summed E-state index contributed by atoms with van der Waals surface area (Å²) in [6, 6.07) is 1.03. The monoisotopic (exact) mass is 240 g/mol. The Morgan fingerprint density at radius 1 is 1.47 bits per heavy atom. The maximum atomic E-state index is 11.9. The van der Waals surface area contributed by atoms with Gasteiger partial charge in [0.2, 0.25) is 5.91 Å². The second-order valence-electron chi connectivity index (χ2n) is 5.45. The van der Waals surface area contributed by atoms with Crippen LogP contribution in [0.2, 0.25) is 0 Å². The molecule has 0 saturated carbocycles. The lowest BCUT2D eigenvalue weighted by Gasteiger charge is -2.19. The molecule has 3 unspecified atom stereocenters. The lowest BCUT2D eigenvalue weighted by Crippen LogP contribution is -2.38. The van der Waals surface area contributed by atoms with E-state index in [1.54, 1.807) is 0 Å². The van der Waals surface area contributed by atoms with Crippen LogP contribution >= 0.6 is 0 Å². The second-order valence-corrected chi connectivity index (χ2v) is 5.45. The molecule has 4 nitrogen and oxygen atoms in total. The number of fused-ring (bicyclic) bond motifs is 2. The molecular formula is C13H24N2O2.